The Balaban J connectivity index is 2.05. The third kappa shape index (κ3) is 2.01. The van der Waals surface area contributed by atoms with Gasteiger partial charge < -0.3 is 9.47 Å². The number of aryl methyl sites for hydroxylation is 1. The molecule has 2 rings (SSSR count). The molecule has 13 heavy (non-hydrogen) atoms. The molecule has 1 saturated heterocycles. The first-order valence-electron chi connectivity index (χ1n) is 4.58. The van der Waals surface area contributed by atoms with E-state index in [9.17, 15) is 0 Å². The Kier molecular flexibility index (Phi) is 2.23. The summed E-state index contributed by atoms with van der Waals surface area (Å²) in [5, 5.41) is 0. The molecule has 2 nitrogen and oxygen atoms in total. The Bertz CT molecular complexity index is 303. The van der Waals surface area contributed by atoms with Crippen molar-refractivity contribution in [3.05, 3.63) is 29.3 Å². The van der Waals surface area contributed by atoms with Crippen molar-refractivity contribution in [1.82, 2.24) is 0 Å². The van der Waals surface area contributed by atoms with E-state index in [1.807, 2.05) is 12.1 Å². The van der Waals surface area contributed by atoms with Gasteiger partial charge in [0.05, 0.1) is 6.61 Å². The molecule has 1 fully saturated rings. The van der Waals surface area contributed by atoms with Crippen LogP contribution in [0.15, 0.2) is 18.2 Å². The molecular formula is C11H14O2. The molecule has 1 aromatic rings. The van der Waals surface area contributed by atoms with Crippen LogP contribution >= 0.6 is 0 Å². The first-order valence-corrected chi connectivity index (χ1v) is 4.58. The second kappa shape index (κ2) is 3.38. The van der Waals surface area contributed by atoms with Crippen LogP contribution in [-0.2, 0) is 4.74 Å². The van der Waals surface area contributed by atoms with E-state index in [4.69, 9.17) is 9.47 Å². The summed E-state index contributed by atoms with van der Waals surface area (Å²) in [6.07, 6.45) is 0.333. The van der Waals surface area contributed by atoms with Crippen molar-refractivity contribution in [2.45, 2.75) is 20.0 Å². The summed E-state index contributed by atoms with van der Waals surface area (Å²) in [4.78, 5) is 0. The molecule has 1 atom stereocenters. The minimum absolute atomic E-state index is 0.333. The number of rotatable bonds is 3. The molecule has 0 aliphatic carbocycles. The predicted molar refractivity (Wildman–Crippen MR) is 51.2 cm³/mol. The van der Waals surface area contributed by atoms with Crippen molar-refractivity contribution in [3.63, 3.8) is 0 Å². The van der Waals surface area contributed by atoms with Crippen molar-refractivity contribution >= 4 is 0 Å². The molecule has 0 amide bonds. The second-order valence-corrected chi connectivity index (χ2v) is 3.46. The Morgan fingerprint density at radius 1 is 1.46 bits per heavy atom. The number of ether oxygens (including phenoxy) is 2. The minimum Gasteiger partial charge on any atom is -0.491 e. The Labute approximate surface area is 78.5 Å². The molecule has 70 valence electrons. The van der Waals surface area contributed by atoms with Gasteiger partial charge >= 0.3 is 0 Å². The molecule has 1 heterocycles. The lowest BCUT2D eigenvalue weighted by atomic mass is 10.1. The van der Waals surface area contributed by atoms with Crippen molar-refractivity contribution in [3.8, 4) is 5.75 Å². The standard InChI is InChI=1S/C11H14O2/c1-8-4-3-5-11(9(8)2)13-7-10-6-12-10/h3-5,10H,6-7H2,1-2H3/t10-/m1/s1. The Hall–Kier alpha value is -1.02. The fourth-order valence-electron chi connectivity index (χ4n) is 1.23. The fourth-order valence-corrected chi connectivity index (χ4v) is 1.23. The maximum absolute atomic E-state index is 5.62. The number of benzene rings is 1. The molecule has 0 aromatic heterocycles. The van der Waals surface area contributed by atoms with Gasteiger partial charge in [-0.05, 0) is 31.0 Å². The largest absolute Gasteiger partial charge is 0.491 e. The van der Waals surface area contributed by atoms with Crippen LogP contribution in [0.25, 0.3) is 0 Å². The molecule has 0 saturated carbocycles. The first-order chi connectivity index (χ1) is 6.27. The smallest absolute Gasteiger partial charge is 0.122 e. The maximum atomic E-state index is 5.62. The number of epoxide rings is 1. The first kappa shape index (κ1) is 8.57. The zero-order valence-electron chi connectivity index (χ0n) is 8.04. The molecule has 1 aliphatic rings. The molecule has 1 aromatic carbocycles. The van der Waals surface area contributed by atoms with Crippen LogP contribution in [0, 0.1) is 13.8 Å². The zero-order chi connectivity index (χ0) is 9.26. The van der Waals surface area contributed by atoms with E-state index >= 15 is 0 Å². The predicted octanol–water partition coefficient (Wildman–Crippen LogP) is 2.08. The summed E-state index contributed by atoms with van der Waals surface area (Å²) in [7, 11) is 0. The van der Waals surface area contributed by atoms with Crippen LogP contribution in [0.1, 0.15) is 11.1 Å². The van der Waals surface area contributed by atoms with E-state index in [2.05, 4.69) is 19.9 Å². The summed E-state index contributed by atoms with van der Waals surface area (Å²) >= 11 is 0. The van der Waals surface area contributed by atoms with Gasteiger partial charge in [-0.2, -0.15) is 0 Å². The van der Waals surface area contributed by atoms with E-state index < -0.39 is 0 Å². The SMILES string of the molecule is Cc1cccc(OC[C@H]2CO2)c1C. The number of hydrogen-bond donors (Lipinski definition) is 0. The summed E-state index contributed by atoms with van der Waals surface area (Å²) in [5.41, 5.74) is 2.50. The van der Waals surface area contributed by atoms with Gasteiger partial charge in [-0.3, -0.25) is 0 Å². The Morgan fingerprint density at radius 3 is 2.92 bits per heavy atom. The molecule has 0 unspecified atom stereocenters. The molecule has 0 radical (unpaired) electrons. The number of hydrogen-bond acceptors (Lipinski definition) is 2. The monoisotopic (exact) mass is 178 g/mol. The van der Waals surface area contributed by atoms with Crippen molar-refractivity contribution < 1.29 is 9.47 Å². The van der Waals surface area contributed by atoms with E-state index in [-0.39, 0.29) is 0 Å². The van der Waals surface area contributed by atoms with Gasteiger partial charge in [-0.15, -0.1) is 0 Å². The van der Waals surface area contributed by atoms with Gasteiger partial charge in [0.1, 0.15) is 18.5 Å². The summed E-state index contributed by atoms with van der Waals surface area (Å²) in [5.74, 6) is 0.982. The Morgan fingerprint density at radius 2 is 2.23 bits per heavy atom. The van der Waals surface area contributed by atoms with E-state index in [1.165, 1.54) is 11.1 Å². The topological polar surface area (TPSA) is 21.8 Å². The highest BCUT2D eigenvalue weighted by Crippen LogP contribution is 2.21. The van der Waals surface area contributed by atoms with Gasteiger partial charge in [0, 0.05) is 0 Å². The van der Waals surface area contributed by atoms with Gasteiger partial charge in [-0.1, -0.05) is 12.1 Å². The van der Waals surface area contributed by atoms with Crippen LogP contribution in [0.3, 0.4) is 0 Å². The van der Waals surface area contributed by atoms with Crippen LogP contribution in [0.5, 0.6) is 5.75 Å². The summed E-state index contributed by atoms with van der Waals surface area (Å²) in [6.45, 7) is 5.71. The molecule has 0 bridgehead atoms. The highest BCUT2D eigenvalue weighted by molar-refractivity contribution is 5.38. The molecular weight excluding hydrogens is 164 g/mol. The summed E-state index contributed by atoms with van der Waals surface area (Å²) in [6, 6.07) is 6.12. The van der Waals surface area contributed by atoms with Crippen molar-refractivity contribution in [2.75, 3.05) is 13.2 Å². The highest BCUT2D eigenvalue weighted by Gasteiger charge is 2.23. The zero-order valence-corrected chi connectivity index (χ0v) is 8.04. The van der Waals surface area contributed by atoms with Gasteiger partial charge in [-0.25, -0.2) is 0 Å². The van der Waals surface area contributed by atoms with E-state index in [0.717, 1.165) is 12.4 Å². The van der Waals surface area contributed by atoms with Crippen LogP contribution in [0.2, 0.25) is 0 Å². The highest BCUT2D eigenvalue weighted by atomic mass is 16.6. The van der Waals surface area contributed by atoms with Crippen molar-refractivity contribution in [2.24, 2.45) is 0 Å². The van der Waals surface area contributed by atoms with Crippen LogP contribution in [0.4, 0.5) is 0 Å². The van der Waals surface area contributed by atoms with Gasteiger partial charge in [0.2, 0.25) is 0 Å². The van der Waals surface area contributed by atoms with Crippen LogP contribution < -0.4 is 4.74 Å². The molecule has 2 heteroatoms. The summed E-state index contributed by atoms with van der Waals surface area (Å²) < 4.78 is 10.7. The average Bonchev–Trinajstić information content (AvgIpc) is 2.91. The van der Waals surface area contributed by atoms with E-state index in [0.29, 0.717) is 12.7 Å². The third-order valence-electron chi connectivity index (χ3n) is 2.38. The van der Waals surface area contributed by atoms with Crippen LogP contribution in [-0.4, -0.2) is 19.3 Å². The second-order valence-electron chi connectivity index (χ2n) is 3.46. The minimum atomic E-state index is 0.333. The third-order valence-corrected chi connectivity index (χ3v) is 2.38. The van der Waals surface area contributed by atoms with Crippen molar-refractivity contribution in [1.29, 1.82) is 0 Å². The molecule has 1 aliphatic heterocycles. The lowest BCUT2D eigenvalue weighted by Crippen LogP contribution is -2.05. The molecule has 0 N–H and O–H groups in total. The quantitative estimate of drug-likeness (QED) is 0.661. The van der Waals surface area contributed by atoms with Gasteiger partial charge in [0.25, 0.3) is 0 Å². The normalized spacial score (nSPS) is 20.0. The average molecular weight is 178 g/mol. The maximum Gasteiger partial charge on any atom is 0.122 e. The molecule has 0 spiro atoms. The van der Waals surface area contributed by atoms with E-state index in [1.54, 1.807) is 0 Å². The fraction of sp³-hybridized carbons (Fsp3) is 0.455. The lowest BCUT2D eigenvalue weighted by Gasteiger charge is -2.09. The lowest BCUT2D eigenvalue weighted by molar-refractivity contribution is 0.261. The van der Waals surface area contributed by atoms with Gasteiger partial charge in [0.15, 0.2) is 0 Å².